The number of nitrogens with one attached hydrogen (secondary N) is 3. The molecular formula is C24H28ClN5O2. The molecule has 3 aromatic rings. The van der Waals surface area contributed by atoms with Gasteiger partial charge in [0.15, 0.2) is 0 Å². The number of carbonyl (C=O) groups is 1. The number of halogens is 1. The largest absolute Gasteiger partial charge is 0.493 e. The van der Waals surface area contributed by atoms with Gasteiger partial charge in [0.05, 0.1) is 18.6 Å². The van der Waals surface area contributed by atoms with E-state index in [1.807, 2.05) is 42.6 Å². The molecular weight excluding hydrogens is 426 g/mol. The lowest BCUT2D eigenvalue weighted by atomic mass is 9.91. The van der Waals surface area contributed by atoms with Gasteiger partial charge in [-0.1, -0.05) is 42.6 Å². The van der Waals surface area contributed by atoms with Crippen molar-refractivity contribution >= 4 is 23.3 Å². The molecule has 0 aliphatic heterocycles. The van der Waals surface area contributed by atoms with Crippen LogP contribution in [-0.2, 0) is 6.42 Å². The third-order valence-corrected chi connectivity index (χ3v) is 6.09. The van der Waals surface area contributed by atoms with Crippen molar-refractivity contribution in [3.63, 3.8) is 0 Å². The third kappa shape index (κ3) is 5.60. The van der Waals surface area contributed by atoms with Crippen molar-refractivity contribution in [2.24, 2.45) is 5.73 Å². The van der Waals surface area contributed by atoms with E-state index in [9.17, 15) is 4.79 Å². The van der Waals surface area contributed by atoms with Crippen LogP contribution in [0.1, 0.15) is 31.2 Å². The van der Waals surface area contributed by atoms with Crippen molar-refractivity contribution in [2.75, 3.05) is 11.9 Å². The first kappa shape index (κ1) is 22.2. The molecule has 2 aromatic carbocycles. The summed E-state index contributed by atoms with van der Waals surface area (Å²) in [6.07, 6.45) is 8.19. The summed E-state index contributed by atoms with van der Waals surface area (Å²) in [4.78, 5) is 19.6. The molecule has 7 nitrogen and oxygen atoms in total. The van der Waals surface area contributed by atoms with Gasteiger partial charge in [0.25, 0.3) is 0 Å². The molecule has 2 atom stereocenters. The minimum absolute atomic E-state index is 0.0126. The molecule has 32 heavy (non-hydrogen) atoms. The van der Waals surface area contributed by atoms with E-state index in [0.717, 1.165) is 48.3 Å². The fraction of sp³-hybridized carbons (Fsp3) is 0.333. The normalized spacial score (nSPS) is 18.2. The number of para-hydroxylation sites is 1. The number of hydrogen-bond donors (Lipinski definition) is 4. The third-order valence-electron chi connectivity index (χ3n) is 5.74. The Kier molecular flexibility index (Phi) is 7.29. The van der Waals surface area contributed by atoms with Gasteiger partial charge >= 0.3 is 6.03 Å². The number of rotatable bonds is 7. The van der Waals surface area contributed by atoms with Gasteiger partial charge in [0.1, 0.15) is 5.75 Å². The van der Waals surface area contributed by atoms with Crippen LogP contribution in [0.5, 0.6) is 5.75 Å². The van der Waals surface area contributed by atoms with Crippen molar-refractivity contribution in [1.82, 2.24) is 15.3 Å². The summed E-state index contributed by atoms with van der Waals surface area (Å²) < 4.78 is 6.01. The van der Waals surface area contributed by atoms with E-state index in [1.165, 1.54) is 0 Å². The van der Waals surface area contributed by atoms with Gasteiger partial charge in [-0.05, 0) is 42.7 Å². The molecule has 4 rings (SSSR count). The number of nitrogens with two attached hydrogens (primary N) is 1. The summed E-state index contributed by atoms with van der Waals surface area (Å²) in [5.74, 6) is 0.770. The Morgan fingerprint density at radius 3 is 2.84 bits per heavy atom. The molecule has 0 radical (unpaired) electrons. The summed E-state index contributed by atoms with van der Waals surface area (Å²) in [6, 6.07) is 13.1. The van der Waals surface area contributed by atoms with Gasteiger partial charge in [-0.3, -0.25) is 0 Å². The Bertz CT molecular complexity index is 1040. The molecule has 1 heterocycles. The molecule has 8 heteroatoms. The first-order valence-electron chi connectivity index (χ1n) is 10.9. The van der Waals surface area contributed by atoms with E-state index >= 15 is 0 Å². The Morgan fingerprint density at radius 2 is 2.06 bits per heavy atom. The standard InChI is InChI=1S/C24H28ClN5O2/c25-19-13-17(29-24(31)30-21-7-3-2-6-20(21)26)10-9-16(19)11-12-32-23-8-4-1-5-18(23)22-14-27-15-28-22/h1,4-5,8-10,13-15,20-21H,2-3,6-7,11-12,26H2,(H,27,28)(H2,29,30,31)/t20-,21-/m1/s1. The van der Waals surface area contributed by atoms with Crippen LogP contribution in [0.3, 0.4) is 0 Å². The van der Waals surface area contributed by atoms with Crippen molar-refractivity contribution in [1.29, 1.82) is 0 Å². The number of benzene rings is 2. The number of anilines is 1. The zero-order valence-electron chi connectivity index (χ0n) is 17.8. The molecule has 0 bridgehead atoms. The Balaban J connectivity index is 1.31. The predicted molar refractivity (Wildman–Crippen MR) is 127 cm³/mol. The van der Waals surface area contributed by atoms with Gasteiger partial charge in [-0.15, -0.1) is 0 Å². The maximum Gasteiger partial charge on any atom is 0.319 e. The number of carbonyl (C=O) groups excluding carboxylic acids is 1. The summed E-state index contributed by atoms with van der Waals surface area (Å²) in [7, 11) is 0. The summed E-state index contributed by atoms with van der Waals surface area (Å²) in [5, 5.41) is 6.41. The van der Waals surface area contributed by atoms with E-state index in [0.29, 0.717) is 23.7 Å². The minimum Gasteiger partial charge on any atom is -0.493 e. The Morgan fingerprint density at radius 1 is 1.22 bits per heavy atom. The van der Waals surface area contributed by atoms with Crippen LogP contribution in [0.2, 0.25) is 5.02 Å². The molecule has 0 unspecified atom stereocenters. The highest BCUT2D eigenvalue weighted by atomic mass is 35.5. The van der Waals surface area contributed by atoms with Gasteiger partial charge < -0.3 is 26.1 Å². The van der Waals surface area contributed by atoms with E-state index in [-0.39, 0.29) is 18.1 Å². The zero-order chi connectivity index (χ0) is 22.3. The number of ether oxygens (including phenoxy) is 1. The van der Waals surface area contributed by atoms with Gasteiger partial charge in [0, 0.05) is 41.0 Å². The van der Waals surface area contributed by atoms with Crippen LogP contribution in [0.15, 0.2) is 55.0 Å². The van der Waals surface area contributed by atoms with Crippen molar-refractivity contribution in [3.05, 3.63) is 65.6 Å². The Labute approximate surface area is 192 Å². The van der Waals surface area contributed by atoms with Gasteiger partial charge in [-0.2, -0.15) is 0 Å². The number of hydrogen-bond acceptors (Lipinski definition) is 4. The number of H-pyrrole nitrogens is 1. The number of aromatic nitrogens is 2. The molecule has 0 saturated heterocycles. The molecule has 1 fully saturated rings. The van der Waals surface area contributed by atoms with Crippen LogP contribution >= 0.6 is 11.6 Å². The fourth-order valence-electron chi connectivity index (χ4n) is 3.98. The van der Waals surface area contributed by atoms with E-state index < -0.39 is 0 Å². The second kappa shape index (κ2) is 10.5. The lowest BCUT2D eigenvalue weighted by Crippen LogP contribution is -2.50. The second-order valence-electron chi connectivity index (χ2n) is 8.01. The minimum atomic E-state index is -0.255. The van der Waals surface area contributed by atoms with E-state index in [1.54, 1.807) is 12.4 Å². The summed E-state index contributed by atoms with van der Waals surface area (Å²) >= 11 is 6.46. The molecule has 1 aromatic heterocycles. The van der Waals surface area contributed by atoms with Gasteiger partial charge in [0.2, 0.25) is 0 Å². The molecule has 5 N–H and O–H groups in total. The second-order valence-corrected chi connectivity index (χ2v) is 8.42. The van der Waals surface area contributed by atoms with Crippen molar-refractivity contribution in [2.45, 2.75) is 44.2 Å². The van der Waals surface area contributed by atoms with Crippen LogP contribution < -0.4 is 21.1 Å². The quantitative estimate of drug-likeness (QED) is 0.414. The first-order valence-corrected chi connectivity index (χ1v) is 11.3. The van der Waals surface area contributed by atoms with Gasteiger partial charge in [-0.25, -0.2) is 9.78 Å². The number of imidazole rings is 1. The smallest absolute Gasteiger partial charge is 0.319 e. The molecule has 1 aliphatic rings. The number of urea groups is 1. The SMILES string of the molecule is N[C@@H]1CCCC[C@H]1NC(=O)Nc1ccc(CCOc2ccccc2-c2c[nH]cn2)c(Cl)c1. The molecule has 2 amide bonds. The highest BCUT2D eigenvalue weighted by Crippen LogP contribution is 2.28. The predicted octanol–water partition coefficient (Wildman–Crippen LogP) is 4.74. The van der Waals surface area contributed by atoms with E-state index in [4.69, 9.17) is 22.1 Å². The highest BCUT2D eigenvalue weighted by molar-refractivity contribution is 6.31. The summed E-state index contributed by atoms with van der Waals surface area (Å²) in [6.45, 7) is 0.466. The van der Waals surface area contributed by atoms with E-state index in [2.05, 4.69) is 20.6 Å². The lowest BCUT2D eigenvalue weighted by molar-refractivity contribution is 0.240. The molecule has 0 spiro atoms. The molecule has 168 valence electrons. The topological polar surface area (TPSA) is 105 Å². The first-order chi connectivity index (χ1) is 15.6. The monoisotopic (exact) mass is 453 g/mol. The van der Waals surface area contributed by atoms with Crippen molar-refractivity contribution < 1.29 is 9.53 Å². The highest BCUT2D eigenvalue weighted by Gasteiger charge is 2.23. The maximum absolute atomic E-state index is 12.3. The van der Waals surface area contributed by atoms with Crippen LogP contribution in [-0.4, -0.2) is 34.7 Å². The number of amides is 2. The zero-order valence-corrected chi connectivity index (χ0v) is 18.6. The maximum atomic E-state index is 12.3. The van der Waals surface area contributed by atoms with Crippen LogP contribution in [0.4, 0.5) is 10.5 Å². The Hall–Kier alpha value is -3.03. The number of nitrogens with zero attached hydrogens (tertiary/aromatic N) is 1. The van der Waals surface area contributed by atoms with Crippen LogP contribution in [0, 0.1) is 0 Å². The fourth-order valence-corrected chi connectivity index (χ4v) is 4.26. The lowest BCUT2D eigenvalue weighted by Gasteiger charge is -2.29. The average molecular weight is 454 g/mol. The molecule has 1 aliphatic carbocycles. The molecule has 1 saturated carbocycles. The number of aromatic amines is 1. The van der Waals surface area contributed by atoms with Crippen molar-refractivity contribution in [3.8, 4) is 17.0 Å². The summed E-state index contributed by atoms with van der Waals surface area (Å²) in [5.41, 5.74) is 9.47. The van der Waals surface area contributed by atoms with Crippen LogP contribution in [0.25, 0.3) is 11.3 Å². The average Bonchev–Trinajstić information content (AvgIpc) is 3.32.